The van der Waals surface area contributed by atoms with Gasteiger partial charge in [0.05, 0.1) is 6.54 Å². The number of amidine groups is 1. The highest BCUT2D eigenvalue weighted by Crippen LogP contribution is 2.24. The summed E-state index contributed by atoms with van der Waals surface area (Å²) >= 11 is 5.91. The van der Waals surface area contributed by atoms with Crippen LogP contribution in [0.3, 0.4) is 0 Å². The lowest BCUT2D eigenvalue weighted by atomic mass is 10.1. The molecule has 1 saturated carbocycles. The fourth-order valence-electron chi connectivity index (χ4n) is 4.72. The Balaban J connectivity index is 1.47. The van der Waals surface area contributed by atoms with E-state index < -0.39 is 31.1 Å². The number of aliphatic imine (C=N–C) groups is 1. The van der Waals surface area contributed by atoms with Crippen LogP contribution in [0.25, 0.3) is 11.4 Å². The van der Waals surface area contributed by atoms with Gasteiger partial charge < -0.3 is 10.4 Å². The summed E-state index contributed by atoms with van der Waals surface area (Å²) in [6.45, 7) is -1.52. The molecule has 1 aliphatic carbocycles. The van der Waals surface area contributed by atoms with E-state index in [0.717, 1.165) is 30.4 Å². The molecule has 4 rings (SSSR count). The molecule has 14 heteroatoms. The average molecular weight is 607 g/mol. The number of aliphatic hydroxyl groups excluding tert-OH is 1. The quantitative estimate of drug-likeness (QED) is 0.128. The van der Waals surface area contributed by atoms with E-state index in [1.165, 1.54) is 43.4 Å². The molecule has 224 valence electrons. The molecule has 42 heavy (non-hydrogen) atoms. The van der Waals surface area contributed by atoms with Gasteiger partial charge in [0.15, 0.2) is 18.3 Å². The summed E-state index contributed by atoms with van der Waals surface area (Å²) in [5.41, 5.74) is 0.401. The Morgan fingerprint density at radius 2 is 1.83 bits per heavy atom. The number of nitrogens with two attached hydrogens (primary N) is 1. The van der Waals surface area contributed by atoms with Crippen LogP contribution in [0.5, 0.6) is 0 Å². The number of nitrogens with one attached hydrogen (secondary N) is 2. The van der Waals surface area contributed by atoms with E-state index in [1.807, 2.05) is 0 Å². The molecule has 10 nitrogen and oxygen atoms in total. The van der Waals surface area contributed by atoms with Gasteiger partial charge in [-0.2, -0.15) is 18.2 Å². The van der Waals surface area contributed by atoms with E-state index in [4.69, 9.17) is 17.0 Å². The van der Waals surface area contributed by atoms with Crippen molar-refractivity contribution in [3.63, 3.8) is 0 Å². The molecular formula is C28H32ClF3N7O3+. The second-order valence-corrected chi connectivity index (χ2v) is 10.5. The average Bonchev–Trinajstić information content (AvgIpc) is 3.09. The molecule has 1 heterocycles. The number of aliphatic hydroxyl groups is 1. The van der Waals surface area contributed by atoms with Gasteiger partial charge in [-0.15, -0.1) is 5.10 Å². The second kappa shape index (κ2) is 13.9. The molecule has 1 aromatic heterocycles. The van der Waals surface area contributed by atoms with Crippen molar-refractivity contribution in [2.75, 3.05) is 0 Å². The third kappa shape index (κ3) is 8.14. The maximum atomic E-state index is 13.1. The molecule has 0 radical (unpaired) electrons. The molecule has 0 aliphatic heterocycles. The highest BCUT2D eigenvalue weighted by atomic mass is 35.5. The third-order valence-corrected chi connectivity index (χ3v) is 7.19. The number of para-hydroxylation sites is 1. The number of nitrogens with zero attached hydrogens (tertiary/aromatic N) is 4. The van der Waals surface area contributed by atoms with E-state index >= 15 is 0 Å². The van der Waals surface area contributed by atoms with Crippen molar-refractivity contribution >= 4 is 35.4 Å². The second-order valence-electron chi connectivity index (χ2n) is 10.1. The Morgan fingerprint density at radius 1 is 1.17 bits per heavy atom. The van der Waals surface area contributed by atoms with Crippen molar-refractivity contribution in [1.82, 2.24) is 19.7 Å². The molecule has 5 N–H and O–H groups in total. The normalized spacial score (nSPS) is 15.5. The van der Waals surface area contributed by atoms with E-state index in [2.05, 4.69) is 15.4 Å². The smallest absolute Gasteiger partial charge is 0.382 e. The lowest BCUT2D eigenvalue weighted by molar-refractivity contribution is -0.433. The molecule has 1 fully saturated rings. The molecule has 1 aliphatic rings. The van der Waals surface area contributed by atoms with Gasteiger partial charge in [0.2, 0.25) is 0 Å². The van der Waals surface area contributed by atoms with E-state index in [9.17, 15) is 27.9 Å². The first-order valence-electron chi connectivity index (χ1n) is 13.6. The first-order chi connectivity index (χ1) is 20.0. The zero-order valence-corrected chi connectivity index (χ0v) is 23.4. The van der Waals surface area contributed by atoms with Crippen molar-refractivity contribution in [1.29, 1.82) is 5.41 Å². The molecule has 1 atom stereocenters. The van der Waals surface area contributed by atoms with Crippen LogP contribution in [0.1, 0.15) is 48.9 Å². The van der Waals surface area contributed by atoms with Gasteiger partial charge in [-0.25, -0.2) is 9.48 Å². The van der Waals surface area contributed by atoms with Crippen LogP contribution in [-0.4, -0.2) is 55.9 Å². The van der Waals surface area contributed by atoms with Crippen molar-refractivity contribution in [3.8, 4) is 11.4 Å². The first kappa shape index (κ1) is 31.1. The molecule has 1 amide bonds. The van der Waals surface area contributed by atoms with Crippen molar-refractivity contribution in [2.24, 2.45) is 4.99 Å². The number of rotatable bonds is 9. The lowest BCUT2D eigenvalue weighted by Crippen LogP contribution is -2.77. The Morgan fingerprint density at radius 3 is 2.50 bits per heavy atom. The van der Waals surface area contributed by atoms with Gasteiger partial charge in [-0.1, -0.05) is 49.4 Å². The minimum absolute atomic E-state index is 0.128. The molecule has 2 aromatic carbocycles. The van der Waals surface area contributed by atoms with Gasteiger partial charge in [0.1, 0.15) is 23.6 Å². The zero-order chi connectivity index (χ0) is 30.3. The molecular weight excluding hydrogens is 575 g/mol. The Kier molecular flexibility index (Phi) is 10.3. The van der Waals surface area contributed by atoms with Crippen LogP contribution in [0.4, 0.5) is 18.9 Å². The van der Waals surface area contributed by atoms with Gasteiger partial charge >= 0.3 is 11.9 Å². The highest BCUT2D eigenvalue weighted by molar-refractivity contribution is 6.30. The summed E-state index contributed by atoms with van der Waals surface area (Å²) in [6.07, 6.45) is -0.0408. The number of amides is 1. The molecule has 0 bridgehead atoms. The number of alkyl halides is 3. The maximum Gasteiger partial charge on any atom is 0.416 e. The van der Waals surface area contributed by atoms with Crippen molar-refractivity contribution < 1.29 is 28.4 Å². The SMILES string of the molecule is N=C(Cn1nc(-c2ccc(Cl)cc2)n(C[C@H](O)C(F)(F)F)c1=O)N=C[NH2+]c1ccccc1C(=O)NC1CCCCCC1. The van der Waals surface area contributed by atoms with Crippen molar-refractivity contribution in [2.45, 2.75) is 69.9 Å². The largest absolute Gasteiger partial charge is 0.416 e. The van der Waals surface area contributed by atoms with Crippen LogP contribution in [0.15, 0.2) is 58.3 Å². The predicted molar refractivity (Wildman–Crippen MR) is 152 cm³/mol. The third-order valence-electron chi connectivity index (χ3n) is 6.94. The predicted octanol–water partition coefficient (Wildman–Crippen LogP) is 3.64. The number of benzene rings is 2. The fraction of sp³-hybridized carbons (Fsp3) is 0.393. The number of carbonyl (C=O) groups is 1. The molecule has 0 unspecified atom stereocenters. The number of hydrogen-bond donors (Lipinski definition) is 4. The molecule has 0 spiro atoms. The minimum atomic E-state index is -4.95. The summed E-state index contributed by atoms with van der Waals surface area (Å²) in [5.74, 6) is -0.626. The Hall–Kier alpha value is -3.81. The summed E-state index contributed by atoms with van der Waals surface area (Å²) in [4.78, 5) is 30.0. The first-order valence-corrected chi connectivity index (χ1v) is 13.9. The van der Waals surface area contributed by atoms with E-state index in [-0.39, 0.29) is 23.6 Å². The molecule has 3 aromatic rings. The zero-order valence-electron chi connectivity index (χ0n) is 22.6. The van der Waals surface area contributed by atoms with E-state index in [0.29, 0.717) is 26.4 Å². The minimum Gasteiger partial charge on any atom is -0.382 e. The van der Waals surface area contributed by atoms with Gasteiger partial charge in [0, 0.05) is 22.7 Å². The van der Waals surface area contributed by atoms with E-state index in [1.54, 1.807) is 29.6 Å². The standard InChI is InChI=1S/C28H31ClF3N7O3/c29-19-13-11-18(12-14-19)25-37-39(27(42)38(25)15-23(40)28(30,31)32)16-24(33)35-17-34-22-10-6-5-9-21(22)26(41)36-20-7-3-1-2-4-8-20/h5-6,9-14,17,20,23,40H,1-4,7-8,15-16H2,(H,36,41)(H2,33,34,35)/p+1/t23-/m0/s1. The van der Waals surface area contributed by atoms with Gasteiger partial charge in [-0.3, -0.25) is 20.1 Å². The fourth-order valence-corrected chi connectivity index (χ4v) is 4.85. The number of aromatic nitrogens is 3. The summed E-state index contributed by atoms with van der Waals surface area (Å²) in [7, 11) is 0. The number of hydrogen-bond acceptors (Lipinski definition) is 5. The van der Waals surface area contributed by atoms with Crippen LogP contribution in [0, 0.1) is 5.41 Å². The summed E-state index contributed by atoms with van der Waals surface area (Å²) < 4.78 is 40.7. The molecule has 0 saturated heterocycles. The monoisotopic (exact) mass is 606 g/mol. The number of quaternary nitrogens is 1. The van der Waals surface area contributed by atoms with Crippen LogP contribution >= 0.6 is 11.6 Å². The summed E-state index contributed by atoms with van der Waals surface area (Å²) in [5, 5.41) is 27.0. The Labute approximate surface area is 244 Å². The van der Waals surface area contributed by atoms with Crippen LogP contribution < -0.4 is 16.3 Å². The number of halogens is 4. The maximum absolute atomic E-state index is 13.1. The Bertz CT molecular complexity index is 1480. The topological polar surface area (TPSA) is 142 Å². The van der Waals surface area contributed by atoms with Crippen LogP contribution in [-0.2, 0) is 13.1 Å². The number of carbonyl (C=O) groups excluding carboxylic acids is 1. The van der Waals surface area contributed by atoms with Gasteiger partial charge in [-0.05, 0) is 43.2 Å². The summed E-state index contributed by atoms with van der Waals surface area (Å²) in [6, 6.07) is 13.0. The van der Waals surface area contributed by atoms with Gasteiger partial charge in [0.25, 0.3) is 5.91 Å². The van der Waals surface area contributed by atoms with Crippen molar-refractivity contribution in [3.05, 3.63) is 69.6 Å². The highest BCUT2D eigenvalue weighted by Gasteiger charge is 2.39. The van der Waals surface area contributed by atoms with Crippen LogP contribution in [0.2, 0.25) is 5.02 Å². The lowest BCUT2D eigenvalue weighted by Gasteiger charge is -2.16.